The minimum absolute atomic E-state index is 0.0778. The number of pyridine rings is 1. The summed E-state index contributed by atoms with van der Waals surface area (Å²) in [6, 6.07) is 12.2. The Balaban J connectivity index is 1.90. The van der Waals surface area contributed by atoms with Crippen LogP contribution in [0.5, 0.6) is 5.75 Å². The van der Waals surface area contributed by atoms with Crippen LogP contribution in [0.4, 0.5) is 5.69 Å². The zero-order valence-electron chi connectivity index (χ0n) is 15.0. The Labute approximate surface area is 147 Å². The number of imidazole rings is 1. The Hall–Kier alpha value is -2.82. The predicted octanol–water partition coefficient (Wildman–Crippen LogP) is 4.51. The number of aromatic nitrogens is 3. The van der Waals surface area contributed by atoms with Crippen LogP contribution in [-0.4, -0.2) is 21.7 Å². The molecule has 0 atom stereocenters. The molecule has 0 saturated heterocycles. The number of aromatic amines is 1. The fraction of sp³-hybridized carbons (Fsp3) is 0.300. The molecule has 2 N–H and O–H groups in total. The molecule has 2 aromatic heterocycles. The average molecular weight is 334 g/mol. The van der Waals surface area contributed by atoms with Crippen molar-refractivity contribution in [3.63, 3.8) is 0 Å². The molecule has 1 aromatic carbocycles. The highest BCUT2D eigenvalue weighted by atomic mass is 16.5. The van der Waals surface area contributed by atoms with Crippen molar-refractivity contribution in [3.05, 3.63) is 47.9 Å². The van der Waals surface area contributed by atoms with Crippen LogP contribution in [0.15, 0.2) is 36.4 Å². The molecule has 25 heavy (non-hydrogen) atoms. The topological polar surface area (TPSA) is 62.8 Å². The smallest absolute Gasteiger partial charge is 0.159 e. The van der Waals surface area contributed by atoms with E-state index in [4.69, 9.17) is 9.72 Å². The standard InChI is InChI=1S/C20H22N4O/c1-12-6-5-7-15(22-12)18-17(23-19(24-18)20(2,3)4)13-8-9-14-16(10-13)25-11-21-14/h5-10,21H,11H2,1-4H3,(H,23,24). The van der Waals surface area contributed by atoms with Gasteiger partial charge < -0.3 is 15.0 Å². The van der Waals surface area contributed by atoms with Crippen molar-refractivity contribution in [2.45, 2.75) is 33.1 Å². The van der Waals surface area contributed by atoms with Gasteiger partial charge in [0.1, 0.15) is 11.6 Å². The Kier molecular flexibility index (Phi) is 3.53. The Morgan fingerprint density at radius 2 is 1.92 bits per heavy atom. The van der Waals surface area contributed by atoms with E-state index in [1.54, 1.807) is 0 Å². The van der Waals surface area contributed by atoms with Gasteiger partial charge in [0.15, 0.2) is 6.73 Å². The number of ether oxygens (including phenoxy) is 1. The molecular weight excluding hydrogens is 312 g/mol. The van der Waals surface area contributed by atoms with E-state index in [0.717, 1.165) is 45.6 Å². The third-order valence-corrected chi connectivity index (χ3v) is 4.30. The van der Waals surface area contributed by atoms with Crippen LogP contribution in [0.3, 0.4) is 0 Å². The van der Waals surface area contributed by atoms with Crippen molar-refractivity contribution in [2.24, 2.45) is 0 Å². The number of H-pyrrole nitrogens is 1. The largest absolute Gasteiger partial charge is 0.471 e. The van der Waals surface area contributed by atoms with Gasteiger partial charge in [0.2, 0.25) is 0 Å². The van der Waals surface area contributed by atoms with Crippen LogP contribution in [0, 0.1) is 6.92 Å². The van der Waals surface area contributed by atoms with Gasteiger partial charge in [-0.2, -0.15) is 0 Å². The highest BCUT2D eigenvalue weighted by Crippen LogP contribution is 2.37. The number of hydrogen-bond acceptors (Lipinski definition) is 4. The zero-order valence-corrected chi connectivity index (χ0v) is 15.0. The first-order valence-electron chi connectivity index (χ1n) is 8.47. The van der Waals surface area contributed by atoms with Gasteiger partial charge in [0.05, 0.1) is 22.8 Å². The first-order chi connectivity index (χ1) is 11.9. The first kappa shape index (κ1) is 15.7. The molecule has 128 valence electrons. The zero-order chi connectivity index (χ0) is 17.6. The minimum Gasteiger partial charge on any atom is -0.471 e. The Morgan fingerprint density at radius 3 is 2.68 bits per heavy atom. The van der Waals surface area contributed by atoms with Crippen molar-refractivity contribution in [1.29, 1.82) is 0 Å². The third-order valence-electron chi connectivity index (χ3n) is 4.30. The molecule has 0 spiro atoms. The maximum atomic E-state index is 5.63. The van der Waals surface area contributed by atoms with E-state index >= 15 is 0 Å². The molecule has 3 aromatic rings. The monoisotopic (exact) mass is 334 g/mol. The van der Waals surface area contributed by atoms with Gasteiger partial charge >= 0.3 is 0 Å². The van der Waals surface area contributed by atoms with Gasteiger partial charge in [0, 0.05) is 16.7 Å². The molecule has 0 unspecified atom stereocenters. The second kappa shape index (κ2) is 5.62. The lowest BCUT2D eigenvalue weighted by Gasteiger charge is -2.14. The van der Waals surface area contributed by atoms with Gasteiger partial charge in [-0.05, 0) is 31.2 Å². The third kappa shape index (κ3) is 2.86. The minimum atomic E-state index is -0.0778. The maximum Gasteiger partial charge on any atom is 0.159 e. The molecule has 0 radical (unpaired) electrons. The van der Waals surface area contributed by atoms with Gasteiger partial charge in [-0.1, -0.05) is 32.9 Å². The summed E-state index contributed by atoms with van der Waals surface area (Å²) in [5.74, 6) is 1.81. The van der Waals surface area contributed by atoms with Crippen LogP contribution in [0.25, 0.3) is 22.6 Å². The molecule has 5 heteroatoms. The summed E-state index contributed by atoms with van der Waals surface area (Å²) >= 11 is 0. The van der Waals surface area contributed by atoms with Gasteiger partial charge in [-0.15, -0.1) is 0 Å². The van der Waals surface area contributed by atoms with E-state index in [1.165, 1.54) is 0 Å². The lowest BCUT2D eigenvalue weighted by atomic mass is 9.96. The number of fused-ring (bicyclic) bond motifs is 1. The fourth-order valence-corrected chi connectivity index (χ4v) is 2.93. The highest BCUT2D eigenvalue weighted by Gasteiger charge is 2.24. The first-order valence-corrected chi connectivity index (χ1v) is 8.47. The van der Waals surface area contributed by atoms with Crippen LogP contribution in [0.2, 0.25) is 0 Å². The number of aryl methyl sites for hydroxylation is 1. The van der Waals surface area contributed by atoms with Crippen molar-refractivity contribution in [1.82, 2.24) is 15.0 Å². The van der Waals surface area contributed by atoms with Gasteiger partial charge in [-0.3, -0.25) is 4.98 Å². The molecular formula is C20H22N4O. The summed E-state index contributed by atoms with van der Waals surface area (Å²) < 4.78 is 5.63. The van der Waals surface area contributed by atoms with Crippen LogP contribution in [-0.2, 0) is 5.41 Å². The quantitative estimate of drug-likeness (QED) is 0.724. The van der Waals surface area contributed by atoms with E-state index in [2.05, 4.69) is 42.1 Å². The molecule has 1 aliphatic heterocycles. The second-order valence-corrected chi connectivity index (χ2v) is 7.40. The molecule has 4 rings (SSSR count). The Morgan fingerprint density at radius 1 is 1.08 bits per heavy atom. The Bertz CT molecular complexity index is 937. The molecule has 0 fully saturated rings. The summed E-state index contributed by atoms with van der Waals surface area (Å²) in [5.41, 5.74) is 5.69. The maximum absolute atomic E-state index is 5.63. The van der Waals surface area contributed by atoms with Crippen LogP contribution >= 0.6 is 0 Å². The number of benzene rings is 1. The van der Waals surface area contributed by atoms with Crippen molar-refractivity contribution in [2.75, 3.05) is 12.0 Å². The molecule has 0 amide bonds. The number of nitrogens with one attached hydrogen (secondary N) is 2. The molecule has 1 aliphatic rings. The second-order valence-electron chi connectivity index (χ2n) is 7.40. The van der Waals surface area contributed by atoms with Crippen molar-refractivity contribution < 1.29 is 4.74 Å². The predicted molar refractivity (Wildman–Crippen MR) is 99.8 cm³/mol. The normalized spacial score (nSPS) is 13.3. The SMILES string of the molecule is Cc1cccc(-c2[nH]c(C(C)(C)C)nc2-c2ccc3c(c2)OCN3)n1. The summed E-state index contributed by atoms with van der Waals surface area (Å²) in [4.78, 5) is 13.1. The van der Waals surface area contributed by atoms with E-state index in [1.807, 2.05) is 37.3 Å². The molecule has 0 aliphatic carbocycles. The summed E-state index contributed by atoms with van der Waals surface area (Å²) in [7, 11) is 0. The van der Waals surface area contributed by atoms with Crippen molar-refractivity contribution in [3.8, 4) is 28.4 Å². The van der Waals surface area contributed by atoms with E-state index in [0.29, 0.717) is 6.73 Å². The average Bonchev–Trinajstić information content (AvgIpc) is 3.20. The van der Waals surface area contributed by atoms with E-state index in [-0.39, 0.29) is 5.41 Å². The van der Waals surface area contributed by atoms with Gasteiger partial charge in [0.25, 0.3) is 0 Å². The fourth-order valence-electron chi connectivity index (χ4n) is 2.93. The number of hydrogen-bond donors (Lipinski definition) is 2. The van der Waals surface area contributed by atoms with E-state index in [9.17, 15) is 0 Å². The summed E-state index contributed by atoms with van der Waals surface area (Å²) in [5, 5.41) is 3.20. The van der Waals surface area contributed by atoms with Gasteiger partial charge in [-0.25, -0.2) is 4.98 Å². The number of nitrogens with zero attached hydrogens (tertiary/aromatic N) is 2. The number of anilines is 1. The lowest BCUT2D eigenvalue weighted by Crippen LogP contribution is -2.13. The highest BCUT2D eigenvalue weighted by molar-refractivity contribution is 5.79. The molecule has 3 heterocycles. The van der Waals surface area contributed by atoms with Crippen LogP contribution < -0.4 is 10.1 Å². The molecule has 0 bridgehead atoms. The summed E-state index contributed by atoms with van der Waals surface area (Å²) in [6.07, 6.45) is 0. The summed E-state index contributed by atoms with van der Waals surface area (Å²) in [6.45, 7) is 8.97. The molecule has 5 nitrogen and oxygen atoms in total. The molecule has 0 saturated carbocycles. The lowest BCUT2D eigenvalue weighted by molar-refractivity contribution is 0.372. The van der Waals surface area contributed by atoms with Crippen LogP contribution in [0.1, 0.15) is 32.3 Å². The number of rotatable bonds is 2. The van der Waals surface area contributed by atoms with Crippen molar-refractivity contribution >= 4 is 5.69 Å². The van der Waals surface area contributed by atoms with E-state index < -0.39 is 0 Å².